The molecule has 0 saturated carbocycles. The average molecular weight is 374 g/mol. The number of aromatic hydroxyl groups is 1. The SMILES string of the molecule is COc1ccc([C@@H](c2sc3ncnn3c2O)N2CCCCC2)cc1OC. The maximum absolute atomic E-state index is 10.8. The Hall–Kier alpha value is -2.32. The second-order valence-electron chi connectivity index (χ2n) is 6.36. The van der Waals surface area contributed by atoms with Crippen LogP contribution in [-0.2, 0) is 0 Å². The highest BCUT2D eigenvalue weighted by Crippen LogP contribution is 2.42. The molecule has 0 unspecified atom stereocenters. The summed E-state index contributed by atoms with van der Waals surface area (Å²) < 4.78 is 12.4. The highest BCUT2D eigenvalue weighted by Gasteiger charge is 2.30. The van der Waals surface area contributed by atoms with Gasteiger partial charge in [0, 0.05) is 0 Å². The molecule has 26 heavy (non-hydrogen) atoms. The molecule has 0 aliphatic carbocycles. The highest BCUT2D eigenvalue weighted by molar-refractivity contribution is 7.17. The van der Waals surface area contributed by atoms with Crippen molar-refractivity contribution in [2.24, 2.45) is 0 Å². The topological polar surface area (TPSA) is 72.1 Å². The van der Waals surface area contributed by atoms with E-state index in [4.69, 9.17) is 9.47 Å². The molecule has 3 heterocycles. The normalized spacial score (nSPS) is 16.7. The molecule has 4 rings (SSSR count). The number of hydrogen-bond acceptors (Lipinski definition) is 7. The molecule has 1 atom stereocenters. The van der Waals surface area contributed by atoms with Crippen LogP contribution in [0.3, 0.4) is 0 Å². The minimum atomic E-state index is -0.0661. The molecule has 2 aromatic heterocycles. The number of rotatable bonds is 5. The first kappa shape index (κ1) is 17.1. The highest BCUT2D eigenvalue weighted by atomic mass is 32.1. The van der Waals surface area contributed by atoms with Crippen molar-refractivity contribution < 1.29 is 14.6 Å². The van der Waals surface area contributed by atoms with E-state index in [0.29, 0.717) is 16.5 Å². The maximum atomic E-state index is 10.8. The Bertz CT molecular complexity index is 901. The van der Waals surface area contributed by atoms with E-state index < -0.39 is 0 Å². The molecule has 8 heteroatoms. The van der Waals surface area contributed by atoms with E-state index >= 15 is 0 Å². The number of aromatic nitrogens is 3. The molecule has 0 bridgehead atoms. The number of fused-ring (bicyclic) bond motifs is 1. The number of benzene rings is 1. The third-order valence-corrected chi connectivity index (χ3v) is 5.95. The Labute approximate surface area is 155 Å². The average Bonchev–Trinajstić information content (AvgIpc) is 3.26. The van der Waals surface area contributed by atoms with E-state index in [1.807, 2.05) is 18.2 Å². The molecule has 0 spiro atoms. The van der Waals surface area contributed by atoms with Gasteiger partial charge in [-0.05, 0) is 43.6 Å². The van der Waals surface area contributed by atoms with Crippen LogP contribution >= 0.6 is 11.3 Å². The van der Waals surface area contributed by atoms with Gasteiger partial charge in [0.05, 0.1) is 25.1 Å². The molecular weight excluding hydrogens is 352 g/mol. The number of likely N-dealkylation sites (tertiary alicyclic amines) is 1. The van der Waals surface area contributed by atoms with Gasteiger partial charge in [-0.3, -0.25) is 4.90 Å². The quantitative estimate of drug-likeness (QED) is 0.740. The Kier molecular flexibility index (Phi) is 4.69. The van der Waals surface area contributed by atoms with Crippen LogP contribution in [0.1, 0.15) is 35.7 Å². The van der Waals surface area contributed by atoms with Gasteiger partial charge in [-0.15, -0.1) is 0 Å². The van der Waals surface area contributed by atoms with Gasteiger partial charge in [0.15, 0.2) is 11.5 Å². The summed E-state index contributed by atoms with van der Waals surface area (Å²) in [7, 11) is 3.27. The lowest BCUT2D eigenvalue weighted by molar-refractivity contribution is 0.186. The summed E-state index contributed by atoms with van der Waals surface area (Å²) in [5.41, 5.74) is 1.06. The zero-order valence-corrected chi connectivity index (χ0v) is 15.7. The fraction of sp³-hybridized carbons (Fsp3) is 0.444. The predicted molar refractivity (Wildman–Crippen MR) is 99.3 cm³/mol. The maximum Gasteiger partial charge on any atom is 0.230 e. The lowest BCUT2D eigenvalue weighted by Gasteiger charge is -2.34. The Morgan fingerprint density at radius 1 is 1.12 bits per heavy atom. The Balaban J connectivity index is 1.83. The summed E-state index contributed by atoms with van der Waals surface area (Å²) in [6, 6.07) is 5.88. The van der Waals surface area contributed by atoms with Crippen molar-refractivity contribution in [2.75, 3.05) is 27.3 Å². The molecule has 1 saturated heterocycles. The third-order valence-electron chi connectivity index (χ3n) is 4.87. The summed E-state index contributed by atoms with van der Waals surface area (Å²) in [5, 5.41) is 14.9. The van der Waals surface area contributed by atoms with E-state index in [1.165, 1.54) is 28.6 Å². The van der Waals surface area contributed by atoms with Crippen LogP contribution in [0.25, 0.3) is 4.96 Å². The van der Waals surface area contributed by atoms with Crippen LogP contribution in [0.15, 0.2) is 24.5 Å². The Morgan fingerprint density at radius 2 is 1.88 bits per heavy atom. The van der Waals surface area contributed by atoms with Crippen molar-refractivity contribution in [3.8, 4) is 17.4 Å². The Morgan fingerprint density at radius 3 is 2.58 bits per heavy atom. The molecule has 1 aliphatic rings. The van der Waals surface area contributed by atoms with Gasteiger partial charge in [0.1, 0.15) is 6.33 Å². The van der Waals surface area contributed by atoms with Gasteiger partial charge < -0.3 is 14.6 Å². The molecule has 1 N–H and O–H groups in total. The third kappa shape index (κ3) is 2.89. The van der Waals surface area contributed by atoms with Gasteiger partial charge in [-0.2, -0.15) is 9.61 Å². The number of nitrogens with zero attached hydrogens (tertiary/aromatic N) is 4. The summed E-state index contributed by atoms with van der Waals surface area (Å²) in [6.45, 7) is 1.98. The zero-order chi connectivity index (χ0) is 18.1. The van der Waals surface area contributed by atoms with Gasteiger partial charge in [-0.1, -0.05) is 23.8 Å². The standard InChI is InChI=1S/C18H22N4O3S/c1-24-13-7-6-12(10-14(13)25-2)15(21-8-4-3-5-9-21)16-17(23)22-18(26-16)19-11-20-22/h6-7,10-11,15,23H,3-5,8-9H2,1-2H3/t15-/m0/s1. The summed E-state index contributed by atoms with van der Waals surface area (Å²) in [6.07, 6.45) is 5.02. The molecule has 0 radical (unpaired) electrons. The van der Waals surface area contributed by atoms with Crippen LogP contribution in [-0.4, -0.2) is 51.9 Å². The van der Waals surface area contributed by atoms with Crippen LogP contribution in [0.2, 0.25) is 0 Å². The van der Waals surface area contributed by atoms with Crippen molar-refractivity contribution in [1.82, 2.24) is 19.5 Å². The van der Waals surface area contributed by atoms with E-state index in [9.17, 15) is 5.11 Å². The molecule has 1 aromatic carbocycles. The number of piperidine rings is 1. The number of hydrogen-bond donors (Lipinski definition) is 1. The van der Waals surface area contributed by atoms with E-state index in [0.717, 1.165) is 36.4 Å². The lowest BCUT2D eigenvalue weighted by atomic mass is 10.00. The van der Waals surface area contributed by atoms with Crippen LogP contribution in [0, 0.1) is 0 Å². The molecule has 1 aliphatic heterocycles. The first-order chi connectivity index (χ1) is 12.7. The molecule has 1 fully saturated rings. The zero-order valence-electron chi connectivity index (χ0n) is 14.9. The predicted octanol–water partition coefficient (Wildman–Crippen LogP) is 3.09. The molecule has 7 nitrogen and oxygen atoms in total. The van der Waals surface area contributed by atoms with Crippen molar-refractivity contribution in [2.45, 2.75) is 25.3 Å². The molecule has 0 amide bonds. The summed E-state index contributed by atoms with van der Waals surface area (Å²) in [5.74, 6) is 1.54. The van der Waals surface area contributed by atoms with Crippen molar-refractivity contribution in [3.05, 3.63) is 35.0 Å². The van der Waals surface area contributed by atoms with Gasteiger partial charge in [-0.25, -0.2) is 4.98 Å². The van der Waals surface area contributed by atoms with Gasteiger partial charge in [0.2, 0.25) is 10.8 Å². The first-order valence-corrected chi connectivity index (χ1v) is 9.52. The van der Waals surface area contributed by atoms with Crippen molar-refractivity contribution >= 4 is 16.3 Å². The second-order valence-corrected chi connectivity index (χ2v) is 7.37. The minimum Gasteiger partial charge on any atom is -0.493 e. The number of ether oxygens (including phenoxy) is 2. The first-order valence-electron chi connectivity index (χ1n) is 8.70. The fourth-order valence-corrected chi connectivity index (χ4v) is 4.69. The van der Waals surface area contributed by atoms with E-state index in [2.05, 4.69) is 15.0 Å². The number of methoxy groups -OCH3 is 2. The molecule has 138 valence electrons. The van der Waals surface area contributed by atoms with Crippen molar-refractivity contribution in [1.29, 1.82) is 0 Å². The monoisotopic (exact) mass is 374 g/mol. The van der Waals surface area contributed by atoms with E-state index in [1.54, 1.807) is 14.2 Å². The lowest BCUT2D eigenvalue weighted by Crippen LogP contribution is -2.34. The second kappa shape index (κ2) is 7.13. The van der Waals surface area contributed by atoms with Gasteiger partial charge >= 0.3 is 0 Å². The molecular formula is C18H22N4O3S. The van der Waals surface area contributed by atoms with Crippen LogP contribution in [0.5, 0.6) is 17.4 Å². The van der Waals surface area contributed by atoms with Crippen molar-refractivity contribution in [3.63, 3.8) is 0 Å². The van der Waals surface area contributed by atoms with Crippen LogP contribution in [0.4, 0.5) is 0 Å². The van der Waals surface area contributed by atoms with Gasteiger partial charge in [0.25, 0.3) is 0 Å². The number of thiazole rings is 1. The summed E-state index contributed by atoms with van der Waals surface area (Å²) >= 11 is 1.48. The fourth-order valence-electron chi connectivity index (χ4n) is 3.60. The smallest absolute Gasteiger partial charge is 0.230 e. The largest absolute Gasteiger partial charge is 0.493 e. The minimum absolute atomic E-state index is 0.0661. The molecule has 3 aromatic rings. The van der Waals surface area contributed by atoms with E-state index in [-0.39, 0.29) is 11.9 Å². The van der Waals surface area contributed by atoms with Crippen LogP contribution < -0.4 is 9.47 Å². The summed E-state index contributed by atoms with van der Waals surface area (Å²) in [4.78, 5) is 8.19.